The Hall–Kier alpha value is -3.34. The first-order valence-corrected chi connectivity index (χ1v) is 8.76. The number of fused-ring (bicyclic) bond motifs is 1. The van der Waals surface area contributed by atoms with Crippen molar-refractivity contribution in [2.75, 3.05) is 0 Å². The average molecular weight is 362 g/mol. The maximum atomic E-state index is 13.8. The zero-order valence-corrected chi connectivity index (χ0v) is 14.9. The van der Waals surface area contributed by atoms with Crippen LogP contribution < -0.4 is 5.32 Å². The third-order valence-electron chi connectivity index (χ3n) is 4.74. The van der Waals surface area contributed by atoms with Gasteiger partial charge in [-0.15, -0.1) is 0 Å². The van der Waals surface area contributed by atoms with E-state index < -0.39 is 0 Å². The molecule has 4 rings (SSSR count). The van der Waals surface area contributed by atoms with Gasteiger partial charge in [0.15, 0.2) is 5.58 Å². The van der Waals surface area contributed by atoms with Crippen LogP contribution in [0, 0.1) is 12.7 Å². The number of halogens is 1. The molecule has 1 N–H and O–H groups in total. The lowest BCUT2D eigenvalue weighted by Crippen LogP contribution is -2.26. The van der Waals surface area contributed by atoms with Crippen LogP contribution in [0.2, 0.25) is 0 Å². The van der Waals surface area contributed by atoms with E-state index >= 15 is 0 Å². The summed E-state index contributed by atoms with van der Waals surface area (Å²) in [6.45, 7) is 2.73. The number of carbonyl (C=O) groups is 1. The van der Waals surface area contributed by atoms with Crippen LogP contribution >= 0.6 is 0 Å². The molecule has 27 heavy (non-hydrogen) atoms. The minimum absolute atomic E-state index is 0.127. The number of hydrogen-bond acceptors (Lipinski definition) is 2. The molecule has 0 saturated carbocycles. The zero-order chi connectivity index (χ0) is 18.8. The van der Waals surface area contributed by atoms with Crippen LogP contribution in [0.25, 0.3) is 11.1 Å². The molecule has 136 valence electrons. The summed E-state index contributed by atoms with van der Waals surface area (Å²) in [5, 5.41) is 2.81. The molecule has 1 amide bonds. The highest BCUT2D eigenvalue weighted by molar-refractivity contribution is 5.97. The molecule has 2 aromatic carbocycles. The van der Waals surface area contributed by atoms with E-state index in [1.165, 1.54) is 6.07 Å². The first-order valence-electron chi connectivity index (χ1n) is 8.76. The Balaban J connectivity index is 1.63. The highest BCUT2D eigenvalue weighted by Gasteiger charge is 2.18. The number of aromatic nitrogens is 1. The summed E-state index contributed by atoms with van der Waals surface area (Å²) in [7, 11) is 0. The predicted octanol–water partition coefficient (Wildman–Crippen LogP) is 4.66. The Morgan fingerprint density at radius 1 is 1.07 bits per heavy atom. The second-order valence-corrected chi connectivity index (χ2v) is 6.49. The molecule has 0 aliphatic heterocycles. The topological polar surface area (TPSA) is 47.2 Å². The summed E-state index contributed by atoms with van der Waals surface area (Å²) in [6.07, 6.45) is 1.61. The SMILES string of the molecule is Cc1ccccc1Cn1c(C(=O)NCc2ccccc2F)cc2occc21. The van der Waals surface area contributed by atoms with E-state index in [-0.39, 0.29) is 18.3 Å². The standard InChI is InChI=1S/C22H19FN2O2/c1-15-6-2-3-8-17(15)14-25-19-10-11-27-21(19)12-20(25)22(26)24-13-16-7-4-5-9-18(16)23/h2-12H,13-14H2,1H3,(H,24,26). The zero-order valence-electron chi connectivity index (χ0n) is 14.9. The molecule has 0 aliphatic carbocycles. The van der Waals surface area contributed by atoms with Crippen LogP contribution in [0.1, 0.15) is 27.2 Å². The number of hydrogen-bond donors (Lipinski definition) is 1. The van der Waals surface area contributed by atoms with E-state index in [1.54, 1.807) is 30.5 Å². The molecule has 4 nitrogen and oxygen atoms in total. The van der Waals surface area contributed by atoms with Crippen LogP contribution in [0.4, 0.5) is 4.39 Å². The molecule has 0 bridgehead atoms. The molecular formula is C22H19FN2O2. The second-order valence-electron chi connectivity index (χ2n) is 6.49. The number of carbonyl (C=O) groups excluding carboxylic acids is 1. The summed E-state index contributed by atoms with van der Waals surface area (Å²) in [5.41, 5.74) is 4.73. The number of amides is 1. The maximum absolute atomic E-state index is 13.8. The summed E-state index contributed by atoms with van der Waals surface area (Å²) < 4.78 is 21.2. The molecule has 0 atom stereocenters. The lowest BCUT2D eigenvalue weighted by molar-refractivity contribution is 0.0942. The van der Waals surface area contributed by atoms with Crippen LogP contribution in [0.3, 0.4) is 0 Å². The Kier molecular flexibility index (Phi) is 4.50. The molecule has 5 heteroatoms. The van der Waals surface area contributed by atoms with Crippen LogP contribution in [0.5, 0.6) is 0 Å². The quantitative estimate of drug-likeness (QED) is 0.561. The van der Waals surface area contributed by atoms with Crippen molar-refractivity contribution in [3.05, 3.63) is 95.1 Å². The normalized spacial score (nSPS) is 11.0. The van der Waals surface area contributed by atoms with Gasteiger partial charge in [0.25, 0.3) is 5.91 Å². The average Bonchev–Trinajstić information content (AvgIpc) is 3.25. The number of nitrogens with one attached hydrogen (secondary N) is 1. The smallest absolute Gasteiger partial charge is 0.268 e. The minimum Gasteiger partial charge on any atom is -0.463 e. The van der Waals surface area contributed by atoms with E-state index in [9.17, 15) is 9.18 Å². The van der Waals surface area contributed by atoms with E-state index in [2.05, 4.69) is 5.32 Å². The summed E-state index contributed by atoms with van der Waals surface area (Å²) in [6, 6.07) is 18.1. The van der Waals surface area contributed by atoms with Crippen molar-refractivity contribution in [3.63, 3.8) is 0 Å². The third-order valence-corrected chi connectivity index (χ3v) is 4.74. The van der Waals surface area contributed by atoms with Gasteiger partial charge in [-0.1, -0.05) is 42.5 Å². The minimum atomic E-state index is -0.332. The third kappa shape index (κ3) is 3.36. The van der Waals surface area contributed by atoms with Crippen LogP contribution in [0.15, 0.2) is 71.3 Å². The van der Waals surface area contributed by atoms with Crippen molar-refractivity contribution in [3.8, 4) is 0 Å². The van der Waals surface area contributed by atoms with Gasteiger partial charge in [-0.05, 0) is 24.1 Å². The summed E-state index contributed by atoms with van der Waals surface area (Å²) >= 11 is 0. The van der Waals surface area contributed by atoms with Gasteiger partial charge in [0.1, 0.15) is 11.5 Å². The fourth-order valence-corrected chi connectivity index (χ4v) is 3.20. The molecule has 0 unspecified atom stereocenters. The lowest BCUT2D eigenvalue weighted by atomic mass is 10.1. The van der Waals surface area contributed by atoms with Crippen molar-refractivity contribution >= 4 is 17.0 Å². The van der Waals surface area contributed by atoms with Crippen LogP contribution in [-0.2, 0) is 13.1 Å². The summed E-state index contributed by atoms with van der Waals surface area (Å²) in [5.74, 6) is -0.597. The van der Waals surface area contributed by atoms with E-state index in [4.69, 9.17) is 4.42 Å². The van der Waals surface area contributed by atoms with Crippen molar-refractivity contribution in [2.45, 2.75) is 20.0 Å². The number of aryl methyl sites for hydroxylation is 1. The number of benzene rings is 2. The lowest BCUT2D eigenvalue weighted by Gasteiger charge is -2.12. The first kappa shape index (κ1) is 17.1. The van der Waals surface area contributed by atoms with E-state index in [1.807, 2.05) is 41.8 Å². The first-order chi connectivity index (χ1) is 13.1. The fourth-order valence-electron chi connectivity index (χ4n) is 3.20. The monoisotopic (exact) mass is 362 g/mol. The van der Waals surface area contributed by atoms with E-state index in [0.717, 1.165) is 16.6 Å². The van der Waals surface area contributed by atoms with Gasteiger partial charge in [0.2, 0.25) is 0 Å². The molecule has 0 radical (unpaired) electrons. The van der Waals surface area contributed by atoms with Gasteiger partial charge in [0, 0.05) is 30.8 Å². The van der Waals surface area contributed by atoms with Gasteiger partial charge in [-0.3, -0.25) is 4.79 Å². The second kappa shape index (κ2) is 7.11. The van der Waals surface area contributed by atoms with Gasteiger partial charge < -0.3 is 14.3 Å². The summed E-state index contributed by atoms with van der Waals surface area (Å²) in [4.78, 5) is 12.8. The largest absolute Gasteiger partial charge is 0.463 e. The molecular weight excluding hydrogens is 343 g/mol. The predicted molar refractivity (Wildman–Crippen MR) is 102 cm³/mol. The Morgan fingerprint density at radius 2 is 1.81 bits per heavy atom. The molecule has 2 aromatic heterocycles. The Labute approximate surface area is 156 Å². The van der Waals surface area contributed by atoms with Gasteiger partial charge in [0.05, 0.1) is 11.8 Å². The molecule has 2 heterocycles. The molecule has 0 spiro atoms. The van der Waals surface area contributed by atoms with E-state index in [0.29, 0.717) is 23.4 Å². The molecule has 4 aromatic rings. The number of nitrogens with zero attached hydrogens (tertiary/aromatic N) is 1. The Morgan fingerprint density at radius 3 is 2.59 bits per heavy atom. The molecule has 0 saturated heterocycles. The number of furan rings is 1. The Bertz CT molecular complexity index is 1110. The highest BCUT2D eigenvalue weighted by atomic mass is 19.1. The van der Waals surface area contributed by atoms with Gasteiger partial charge in [-0.25, -0.2) is 4.39 Å². The number of rotatable bonds is 5. The van der Waals surface area contributed by atoms with Crippen molar-refractivity contribution in [1.29, 1.82) is 0 Å². The van der Waals surface area contributed by atoms with Gasteiger partial charge >= 0.3 is 0 Å². The van der Waals surface area contributed by atoms with Gasteiger partial charge in [-0.2, -0.15) is 0 Å². The van der Waals surface area contributed by atoms with Crippen LogP contribution in [-0.4, -0.2) is 10.5 Å². The van der Waals surface area contributed by atoms with Crippen molar-refractivity contribution < 1.29 is 13.6 Å². The van der Waals surface area contributed by atoms with Crippen molar-refractivity contribution in [1.82, 2.24) is 9.88 Å². The highest BCUT2D eigenvalue weighted by Crippen LogP contribution is 2.23. The van der Waals surface area contributed by atoms with Crippen molar-refractivity contribution in [2.24, 2.45) is 0 Å². The fraction of sp³-hybridized carbons (Fsp3) is 0.136. The molecule has 0 fully saturated rings. The molecule has 0 aliphatic rings. The maximum Gasteiger partial charge on any atom is 0.268 e.